The van der Waals surface area contributed by atoms with Crippen LogP contribution in [0.2, 0.25) is 5.22 Å². The summed E-state index contributed by atoms with van der Waals surface area (Å²) in [5.41, 5.74) is 0. The lowest BCUT2D eigenvalue weighted by Crippen LogP contribution is -2.42. The molecule has 1 saturated heterocycles. The first-order valence-corrected chi connectivity index (χ1v) is 7.10. The lowest BCUT2D eigenvalue weighted by molar-refractivity contribution is -0.0292. The lowest BCUT2D eigenvalue weighted by atomic mass is 10.2. The van der Waals surface area contributed by atoms with Gasteiger partial charge in [-0.1, -0.05) is 0 Å². The molecule has 21 heavy (non-hydrogen) atoms. The van der Waals surface area contributed by atoms with Crippen LogP contribution < -0.4 is 0 Å². The zero-order valence-corrected chi connectivity index (χ0v) is 12.3. The number of carbonyl (C=O) groups excluding carboxylic acids is 1. The molecule has 1 atom stereocenters. The van der Waals surface area contributed by atoms with Crippen LogP contribution in [-0.4, -0.2) is 45.3 Å². The zero-order chi connectivity index (χ0) is 14.8. The van der Waals surface area contributed by atoms with Crippen molar-refractivity contribution in [3.63, 3.8) is 0 Å². The van der Waals surface area contributed by atoms with Gasteiger partial charge >= 0.3 is 0 Å². The molecule has 2 aromatic rings. The SMILES string of the molecule is CCn1cnnc1C1CN(C(=O)c2ccc(Cl)o2)CCO1. The third kappa shape index (κ3) is 2.79. The molecule has 0 aliphatic carbocycles. The maximum Gasteiger partial charge on any atom is 0.289 e. The third-order valence-corrected chi connectivity index (χ3v) is 3.61. The standard InChI is InChI=1S/C13H15ClN4O3/c1-2-17-8-15-16-12(17)10-7-18(5-6-20-10)13(19)9-3-4-11(14)21-9/h3-4,8,10H,2,5-7H2,1H3. The van der Waals surface area contributed by atoms with Gasteiger partial charge < -0.3 is 18.6 Å². The maximum absolute atomic E-state index is 12.4. The van der Waals surface area contributed by atoms with E-state index in [1.165, 1.54) is 0 Å². The summed E-state index contributed by atoms with van der Waals surface area (Å²) in [5.74, 6) is 0.767. The maximum atomic E-state index is 12.4. The van der Waals surface area contributed by atoms with E-state index in [4.69, 9.17) is 20.8 Å². The van der Waals surface area contributed by atoms with Crippen LogP contribution in [0, 0.1) is 0 Å². The van der Waals surface area contributed by atoms with Gasteiger partial charge in [-0.25, -0.2) is 0 Å². The summed E-state index contributed by atoms with van der Waals surface area (Å²) in [4.78, 5) is 14.0. The van der Waals surface area contributed by atoms with Crippen molar-refractivity contribution in [2.45, 2.75) is 19.6 Å². The number of ether oxygens (including phenoxy) is 1. The van der Waals surface area contributed by atoms with Crippen molar-refractivity contribution in [1.29, 1.82) is 0 Å². The molecule has 0 bridgehead atoms. The van der Waals surface area contributed by atoms with E-state index < -0.39 is 0 Å². The molecule has 1 amide bonds. The summed E-state index contributed by atoms with van der Waals surface area (Å²) >= 11 is 5.71. The number of aromatic nitrogens is 3. The molecule has 3 heterocycles. The summed E-state index contributed by atoms with van der Waals surface area (Å²) in [5, 5.41) is 8.18. The number of nitrogens with zero attached hydrogens (tertiary/aromatic N) is 4. The van der Waals surface area contributed by atoms with Crippen molar-refractivity contribution in [2.75, 3.05) is 19.7 Å². The van der Waals surface area contributed by atoms with Crippen LogP contribution >= 0.6 is 11.6 Å². The Morgan fingerprint density at radius 1 is 1.52 bits per heavy atom. The Labute approximate surface area is 126 Å². The van der Waals surface area contributed by atoms with Crippen molar-refractivity contribution < 1.29 is 13.9 Å². The molecule has 1 unspecified atom stereocenters. The summed E-state index contributed by atoms with van der Waals surface area (Å²) < 4.78 is 12.8. The second-order valence-corrected chi connectivity index (χ2v) is 5.06. The van der Waals surface area contributed by atoms with Crippen molar-refractivity contribution in [3.05, 3.63) is 35.3 Å². The summed E-state index contributed by atoms with van der Waals surface area (Å²) in [7, 11) is 0. The van der Waals surface area contributed by atoms with E-state index in [9.17, 15) is 4.79 Å². The molecule has 112 valence electrons. The van der Waals surface area contributed by atoms with E-state index in [1.54, 1.807) is 23.4 Å². The molecule has 1 aliphatic heterocycles. The Hall–Kier alpha value is -1.86. The van der Waals surface area contributed by atoms with Crippen LogP contribution in [0.3, 0.4) is 0 Å². The van der Waals surface area contributed by atoms with Gasteiger partial charge in [0.05, 0.1) is 13.2 Å². The van der Waals surface area contributed by atoms with Crippen molar-refractivity contribution in [2.24, 2.45) is 0 Å². The van der Waals surface area contributed by atoms with Crippen LogP contribution in [0.4, 0.5) is 0 Å². The van der Waals surface area contributed by atoms with E-state index in [1.807, 2.05) is 11.5 Å². The number of aryl methyl sites for hydroxylation is 1. The highest BCUT2D eigenvalue weighted by Crippen LogP contribution is 2.23. The predicted molar refractivity (Wildman–Crippen MR) is 74.0 cm³/mol. The number of morpholine rings is 1. The van der Waals surface area contributed by atoms with Crippen LogP contribution in [0.15, 0.2) is 22.9 Å². The smallest absolute Gasteiger partial charge is 0.289 e. The minimum Gasteiger partial charge on any atom is -0.440 e. The van der Waals surface area contributed by atoms with Gasteiger partial charge in [0.2, 0.25) is 0 Å². The van der Waals surface area contributed by atoms with Gasteiger partial charge in [0, 0.05) is 13.1 Å². The van der Waals surface area contributed by atoms with Gasteiger partial charge in [0.25, 0.3) is 5.91 Å². The van der Waals surface area contributed by atoms with Gasteiger partial charge in [-0.05, 0) is 30.7 Å². The molecule has 7 nitrogen and oxygen atoms in total. The van der Waals surface area contributed by atoms with Crippen LogP contribution in [0.25, 0.3) is 0 Å². The topological polar surface area (TPSA) is 73.4 Å². The minimum atomic E-state index is -0.282. The van der Waals surface area contributed by atoms with Crippen LogP contribution in [0.5, 0.6) is 0 Å². The molecule has 0 aromatic carbocycles. The normalized spacial score (nSPS) is 19.0. The molecule has 0 saturated carbocycles. The fourth-order valence-electron chi connectivity index (χ4n) is 2.33. The lowest BCUT2D eigenvalue weighted by Gasteiger charge is -2.31. The van der Waals surface area contributed by atoms with Gasteiger partial charge in [-0.15, -0.1) is 10.2 Å². The number of hydrogen-bond donors (Lipinski definition) is 0. The zero-order valence-electron chi connectivity index (χ0n) is 11.5. The molecule has 2 aromatic heterocycles. The molecule has 0 spiro atoms. The summed E-state index contributed by atoms with van der Waals surface area (Å²) in [6.45, 7) is 4.12. The van der Waals surface area contributed by atoms with Gasteiger partial charge in [-0.3, -0.25) is 4.79 Å². The molecular formula is C13H15ClN4O3. The second kappa shape index (κ2) is 5.87. The van der Waals surface area contributed by atoms with Crippen molar-refractivity contribution in [1.82, 2.24) is 19.7 Å². The van der Waals surface area contributed by atoms with E-state index in [0.717, 1.165) is 12.4 Å². The number of amides is 1. The Bertz CT molecular complexity index is 639. The van der Waals surface area contributed by atoms with Crippen LogP contribution in [0.1, 0.15) is 29.4 Å². The number of furan rings is 1. The molecule has 8 heteroatoms. The summed E-state index contributed by atoms with van der Waals surface area (Å²) in [6.07, 6.45) is 1.38. The monoisotopic (exact) mass is 310 g/mol. The average Bonchev–Trinajstić information content (AvgIpc) is 3.15. The van der Waals surface area contributed by atoms with E-state index in [2.05, 4.69) is 10.2 Å². The Balaban J connectivity index is 1.75. The van der Waals surface area contributed by atoms with Gasteiger partial charge in [0.15, 0.2) is 16.8 Å². The largest absolute Gasteiger partial charge is 0.440 e. The number of hydrogen-bond acceptors (Lipinski definition) is 5. The average molecular weight is 311 g/mol. The van der Waals surface area contributed by atoms with Crippen molar-refractivity contribution in [3.8, 4) is 0 Å². The van der Waals surface area contributed by atoms with E-state index in [0.29, 0.717) is 19.7 Å². The highest BCUT2D eigenvalue weighted by molar-refractivity contribution is 6.29. The van der Waals surface area contributed by atoms with Crippen molar-refractivity contribution >= 4 is 17.5 Å². The first-order valence-electron chi connectivity index (χ1n) is 6.73. The molecular weight excluding hydrogens is 296 g/mol. The quantitative estimate of drug-likeness (QED) is 0.863. The first-order chi connectivity index (χ1) is 10.2. The summed E-state index contributed by atoms with van der Waals surface area (Å²) in [6, 6.07) is 3.13. The third-order valence-electron chi connectivity index (χ3n) is 3.41. The molecule has 1 fully saturated rings. The predicted octanol–water partition coefficient (Wildman–Crippen LogP) is 1.76. The Kier molecular flexibility index (Phi) is 3.94. The number of carbonyl (C=O) groups is 1. The number of rotatable bonds is 3. The molecule has 0 N–H and O–H groups in total. The van der Waals surface area contributed by atoms with E-state index >= 15 is 0 Å². The molecule has 3 rings (SSSR count). The highest BCUT2D eigenvalue weighted by atomic mass is 35.5. The Morgan fingerprint density at radius 3 is 3.10 bits per heavy atom. The Morgan fingerprint density at radius 2 is 2.38 bits per heavy atom. The number of halogens is 1. The molecule has 1 aliphatic rings. The first kappa shape index (κ1) is 14.1. The van der Waals surface area contributed by atoms with E-state index in [-0.39, 0.29) is 23.0 Å². The fourth-order valence-corrected chi connectivity index (χ4v) is 2.48. The highest BCUT2D eigenvalue weighted by Gasteiger charge is 2.30. The van der Waals surface area contributed by atoms with Crippen LogP contribution in [-0.2, 0) is 11.3 Å². The van der Waals surface area contributed by atoms with Gasteiger partial charge in [0.1, 0.15) is 12.4 Å². The van der Waals surface area contributed by atoms with Gasteiger partial charge in [-0.2, -0.15) is 0 Å². The minimum absolute atomic E-state index is 0.197. The fraction of sp³-hybridized carbons (Fsp3) is 0.462. The second-order valence-electron chi connectivity index (χ2n) is 4.69. The molecule has 0 radical (unpaired) electrons.